The number of carboxylic acids is 1. The summed E-state index contributed by atoms with van der Waals surface area (Å²) in [6.45, 7) is 2.30. The molecule has 0 fully saturated rings. The minimum absolute atomic E-state index is 0.345. The van der Waals surface area contributed by atoms with Crippen LogP contribution in [0.15, 0.2) is 18.2 Å². The molecule has 130 valence electrons. The Bertz CT molecular complexity index is 592. The van der Waals surface area contributed by atoms with Crippen LogP contribution in [0.1, 0.15) is 42.9 Å². The van der Waals surface area contributed by atoms with Crippen LogP contribution in [-0.4, -0.2) is 16.6 Å². The largest absolute Gasteiger partial charge is 0.480 e. The first-order valence-electron chi connectivity index (χ1n) is 6.47. The monoisotopic (exact) mass is 343 g/mol. The summed E-state index contributed by atoms with van der Waals surface area (Å²) in [7, 11) is 0. The average Bonchev–Trinajstić information content (AvgIpc) is 2.35. The van der Waals surface area contributed by atoms with Gasteiger partial charge < -0.3 is 10.8 Å². The summed E-state index contributed by atoms with van der Waals surface area (Å²) in [5.74, 6) is -2.59. The maximum Gasteiger partial charge on any atom is 0.416 e. The summed E-state index contributed by atoms with van der Waals surface area (Å²) in [5, 5.41) is 8.92. The van der Waals surface area contributed by atoms with E-state index in [4.69, 9.17) is 10.8 Å². The van der Waals surface area contributed by atoms with E-state index in [1.165, 1.54) is 6.92 Å². The van der Waals surface area contributed by atoms with E-state index >= 15 is 0 Å². The zero-order valence-electron chi connectivity index (χ0n) is 12.2. The summed E-state index contributed by atoms with van der Waals surface area (Å²) in [4.78, 5) is 11.0. The second kappa shape index (κ2) is 6.03. The van der Waals surface area contributed by atoms with Gasteiger partial charge in [0.1, 0.15) is 5.54 Å². The van der Waals surface area contributed by atoms with Gasteiger partial charge in [0.15, 0.2) is 0 Å². The number of hydrogen-bond donors (Lipinski definition) is 2. The lowest BCUT2D eigenvalue weighted by Crippen LogP contribution is -2.45. The maximum absolute atomic E-state index is 13.0. The summed E-state index contributed by atoms with van der Waals surface area (Å²) < 4.78 is 77.2. The molecule has 1 rings (SSSR count). The van der Waals surface area contributed by atoms with Crippen molar-refractivity contribution in [3.05, 3.63) is 34.9 Å². The van der Waals surface area contributed by atoms with Crippen molar-refractivity contribution in [3.63, 3.8) is 0 Å². The lowest BCUT2D eigenvalue weighted by Gasteiger charge is -2.26. The molecule has 0 aliphatic carbocycles. The first-order chi connectivity index (χ1) is 10.2. The highest BCUT2D eigenvalue weighted by atomic mass is 19.4. The molecule has 0 spiro atoms. The number of alkyl halides is 6. The Balaban J connectivity index is 3.38. The standard InChI is InChI=1S/C14H15F6NO2/c1-7(6-12(2,21)11(22)23)9-5-8(13(15,16)17)3-4-10(9)14(18,19)20/h3-5,7H,6,21H2,1-2H3,(H,22,23). The minimum atomic E-state index is -4.86. The smallest absolute Gasteiger partial charge is 0.416 e. The molecule has 0 bridgehead atoms. The van der Waals surface area contributed by atoms with Crippen LogP contribution in [0.2, 0.25) is 0 Å². The predicted molar refractivity (Wildman–Crippen MR) is 69.7 cm³/mol. The number of rotatable bonds is 4. The molecule has 1 aromatic rings. The van der Waals surface area contributed by atoms with E-state index in [1.807, 2.05) is 0 Å². The second-order valence-electron chi connectivity index (χ2n) is 5.63. The first-order valence-corrected chi connectivity index (χ1v) is 6.47. The van der Waals surface area contributed by atoms with Crippen molar-refractivity contribution in [1.82, 2.24) is 0 Å². The fourth-order valence-corrected chi connectivity index (χ4v) is 2.24. The molecule has 0 amide bonds. The first kappa shape index (κ1) is 19.3. The molecule has 0 saturated heterocycles. The Morgan fingerprint density at radius 3 is 2.09 bits per heavy atom. The van der Waals surface area contributed by atoms with Crippen molar-refractivity contribution < 1.29 is 36.2 Å². The number of carbonyl (C=O) groups is 1. The Labute approximate surface area is 128 Å². The Kier molecular flexibility index (Phi) is 5.05. The van der Waals surface area contributed by atoms with Gasteiger partial charge in [-0.05, 0) is 43.0 Å². The van der Waals surface area contributed by atoms with Gasteiger partial charge in [0.25, 0.3) is 0 Å². The van der Waals surface area contributed by atoms with Crippen molar-refractivity contribution in [2.45, 2.75) is 44.1 Å². The molecule has 1 aromatic carbocycles. The number of carboxylic acid groups (broad SMARTS) is 1. The molecule has 0 heterocycles. The summed E-state index contributed by atoms with van der Waals surface area (Å²) >= 11 is 0. The van der Waals surface area contributed by atoms with Crippen molar-refractivity contribution >= 4 is 5.97 Å². The minimum Gasteiger partial charge on any atom is -0.480 e. The van der Waals surface area contributed by atoms with E-state index < -0.39 is 52.9 Å². The van der Waals surface area contributed by atoms with Gasteiger partial charge in [-0.2, -0.15) is 26.3 Å². The molecule has 2 unspecified atom stereocenters. The Morgan fingerprint density at radius 2 is 1.70 bits per heavy atom. The van der Waals surface area contributed by atoms with E-state index in [-0.39, 0.29) is 0 Å². The predicted octanol–water partition coefficient (Wildman–Crippen LogP) is 4.02. The van der Waals surface area contributed by atoms with Gasteiger partial charge in [-0.1, -0.05) is 6.92 Å². The molecule has 0 aliphatic heterocycles. The van der Waals surface area contributed by atoms with Crippen molar-refractivity contribution in [2.24, 2.45) is 5.73 Å². The fourth-order valence-electron chi connectivity index (χ4n) is 2.24. The van der Waals surface area contributed by atoms with Crippen LogP contribution in [0, 0.1) is 0 Å². The number of benzene rings is 1. The molecule has 3 nitrogen and oxygen atoms in total. The maximum atomic E-state index is 13.0. The van der Waals surface area contributed by atoms with Gasteiger partial charge >= 0.3 is 18.3 Å². The van der Waals surface area contributed by atoms with Crippen LogP contribution in [0.3, 0.4) is 0 Å². The third-order valence-electron chi connectivity index (χ3n) is 3.43. The number of hydrogen-bond acceptors (Lipinski definition) is 2. The Hall–Kier alpha value is -1.77. The molecule has 9 heteroatoms. The highest BCUT2D eigenvalue weighted by molar-refractivity contribution is 5.77. The molecule has 0 radical (unpaired) electrons. The molecular weight excluding hydrogens is 328 g/mol. The molecule has 0 aromatic heterocycles. The molecule has 0 aliphatic rings. The molecule has 0 saturated carbocycles. The van der Waals surface area contributed by atoms with E-state index in [1.54, 1.807) is 0 Å². The zero-order chi connectivity index (χ0) is 18.2. The third kappa shape index (κ3) is 4.60. The molecular formula is C14H15F6NO2. The third-order valence-corrected chi connectivity index (χ3v) is 3.43. The number of nitrogens with two attached hydrogens (primary N) is 1. The summed E-state index contributed by atoms with van der Waals surface area (Å²) in [5.41, 5.74) is 0.507. The van der Waals surface area contributed by atoms with Crippen LogP contribution < -0.4 is 5.73 Å². The van der Waals surface area contributed by atoms with Crippen molar-refractivity contribution in [3.8, 4) is 0 Å². The van der Waals surface area contributed by atoms with E-state index in [0.29, 0.717) is 18.2 Å². The van der Waals surface area contributed by atoms with Crippen molar-refractivity contribution in [2.75, 3.05) is 0 Å². The van der Waals surface area contributed by atoms with Gasteiger partial charge in [-0.15, -0.1) is 0 Å². The van der Waals surface area contributed by atoms with E-state index in [9.17, 15) is 31.1 Å². The number of halogens is 6. The SMILES string of the molecule is CC(CC(C)(N)C(=O)O)c1cc(C(F)(F)F)ccc1C(F)(F)F. The van der Waals surface area contributed by atoms with Gasteiger partial charge in [0.05, 0.1) is 11.1 Å². The highest BCUT2D eigenvalue weighted by Gasteiger charge is 2.39. The van der Waals surface area contributed by atoms with Crippen LogP contribution in [0.25, 0.3) is 0 Å². The zero-order valence-corrected chi connectivity index (χ0v) is 12.2. The summed E-state index contributed by atoms with van der Waals surface area (Å²) in [6.07, 6.45) is -10.1. The normalized spacial score (nSPS) is 16.7. The number of aliphatic carboxylic acids is 1. The average molecular weight is 343 g/mol. The topological polar surface area (TPSA) is 63.3 Å². The van der Waals surface area contributed by atoms with E-state index in [2.05, 4.69) is 0 Å². The lowest BCUT2D eigenvalue weighted by atomic mass is 9.83. The molecule has 2 atom stereocenters. The fraction of sp³-hybridized carbons (Fsp3) is 0.500. The molecule has 23 heavy (non-hydrogen) atoms. The van der Waals surface area contributed by atoms with Gasteiger partial charge in [0, 0.05) is 0 Å². The van der Waals surface area contributed by atoms with Gasteiger partial charge in [-0.25, -0.2) is 0 Å². The lowest BCUT2D eigenvalue weighted by molar-refractivity contribution is -0.143. The Morgan fingerprint density at radius 1 is 1.17 bits per heavy atom. The van der Waals surface area contributed by atoms with Gasteiger partial charge in [-0.3, -0.25) is 4.79 Å². The van der Waals surface area contributed by atoms with Crippen molar-refractivity contribution in [1.29, 1.82) is 0 Å². The summed E-state index contributed by atoms with van der Waals surface area (Å²) in [6, 6.07) is 1.09. The van der Waals surface area contributed by atoms with Crippen LogP contribution in [0.4, 0.5) is 26.3 Å². The van der Waals surface area contributed by atoms with Gasteiger partial charge in [0.2, 0.25) is 0 Å². The van der Waals surface area contributed by atoms with E-state index in [0.717, 1.165) is 6.92 Å². The van der Waals surface area contributed by atoms with Crippen LogP contribution >= 0.6 is 0 Å². The van der Waals surface area contributed by atoms with Crippen LogP contribution in [-0.2, 0) is 17.1 Å². The van der Waals surface area contributed by atoms with Crippen LogP contribution in [0.5, 0.6) is 0 Å². The quantitative estimate of drug-likeness (QED) is 0.812. The molecule has 3 N–H and O–H groups in total. The highest BCUT2D eigenvalue weighted by Crippen LogP contribution is 2.40. The second-order valence-corrected chi connectivity index (χ2v) is 5.63.